The second-order valence-electron chi connectivity index (χ2n) is 4.93. The largest absolute Gasteiger partial charge is 0.399 e. The van der Waals surface area contributed by atoms with Crippen LogP contribution in [0.25, 0.3) is 11.4 Å². The molecular weight excluding hydrogens is 242 g/mol. The van der Waals surface area contributed by atoms with Crippen molar-refractivity contribution in [3.05, 3.63) is 24.3 Å². The number of nitrogens with zero attached hydrogens (tertiary/aromatic N) is 4. The molecule has 19 heavy (non-hydrogen) atoms. The molecule has 0 bridgehead atoms. The van der Waals surface area contributed by atoms with Crippen LogP contribution < -0.4 is 5.73 Å². The van der Waals surface area contributed by atoms with Crippen molar-refractivity contribution < 1.29 is 4.74 Å². The summed E-state index contributed by atoms with van der Waals surface area (Å²) < 4.78 is 7.48. The topological polar surface area (TPSA) is 78.9 Å². The van der Waals surface area contributed by atoms with Crippen LogP contribution in [0.5, 0.6) is 0 Å². The van der Waals surface area contributed by atoms with Crippen LogP contribution in [0.3, 0.4) is 0 Å². The summed E-state index contributed by atoms with van der Waals surface area (Å²) in [5, 5.41) is 12.1. The van der Waals surface area contributed by atoms with Gasteiger partial charge in [-0.15, -0.1) is 5.10 Å². The summed E-state index contributed by atoms with van der Waals surface area (Å²) >= 11 is 0. The van der Waals surface area contributed by atoms with Gasteiger partial charge in [-0.05, 0) is 54.5 Å². The Morgan fingerprint density at radius 2 is 2.11 bits per heavy atom. The maximum absolute atomic E-state index is 5.70. The lowest BCUT2D eigenvalue weighted by molar-refractivity contribution is 0.00350. The van der Waals surface area contributed by atoms with Crippen molar-refractivity contribution in [1.82, 2.24) is 20.2 Å². The van der Waals surface area contributed by atoms with E-state index in [2.05, 4.69) is 22.4 Å². The molecule has 100 valence electrons. The van der Waals surface area contributed by atoms with E-state index in [0.29, 0.717) is 6.04 Å². The molecule has 1 fully saturated rings. The highest BCUT2D eigenvalue weighted by molar-refractivity contribution is 5.58. The Bertz CT molecular complexity index is 550. The number of nitrogen functional groups attached to an aromatic ring is 1. The van der Waals surface area contributed by atoms with Gasteiger partial charge in [-0.2, -0.15) is 0 Å². The predicted molar refractivity (Wildman–Crippen MR) is 71.4 cm³/mol. The van der Waals surface area contributed by atoms with E-state index >= 15 is 0 Å². The molecule has 2 atom stereocenters. The van der Waals surface area contributed by atoms with Gasteiger partial charge in [0.15, 0.2) is 5.82 Å². The first-order valence-electron chi connectivity index (χ1n) is 6.49. The Morgan fingerprint density at radius 1 is 1.32 bits per heavy atom. The van der Waals surface area contributed by atoms with E-state index < -0.39 is 0 Å². The van der Waals surface area contributed by atoms with Crippen LogP contribution in [0.4, 0.5) is 5.69 Å². The highest BCUT2D eigenvalue weighted by Crippen LogP contribution is 2.28. The van der Waals surface area contributed by atoms with Crippen LogP contribution in [0, 0.1) is 0 Å². The van der Waals surface area contributed by atoms with Crippen LogP contribution in [0.15, 0.2) is 24.3 Å². The first-order chi connectivity index (χ1) is 9.24. The zero-order chi connectivity index (χ0) is 13.2. The SMILES string of the molecule is CC1CC(n2nnnc2-c2ccc(N)cc2)CCO1. The van der Waals surface area contributed by atoms with Crippen LogP contribution in [0.2, 0.25) is 0 Å². The first-order valence-corrected chi connectivity index (χ1v) is 6.49. The average molecular weight is 259 g/mol. The fourth-order valence-corrected chi connectivity index (χ4v) is 2.46. The third kappa shape index (κ3) is 2.44. The molecule has 0 amide bonds. The van der Waals surface area contributed by atoms with Crippen molar-refractivity contribution in [2.24, 2.45) is 0 Å². The molecule has 2 N–H and O–H groups in total. The smallest absolute Gasteiger partial charge is 0.182 e. The lowest BCUT2D eigenvalue weighted by Crippen LogP contribution is -2.26. The minimum Gasteiger partial charge on any atom is -0.399 e. The zero-order valence-corrected chi connectivity index (χ0v) is 10.9. The highest BCUT2D eigenvalue weighted by Gasteiger charge is 2.24. The van der Waals surface area contributed by atoms with Crippen LogP contribution in [0.1, 0.15) is 25.8 Å². The number of rotatable bonds is 2. The number of nitrogens with two attached hydrogens (primary N) is 1. The third-order valence-electron chi connectivity index (χ3n) is 3.47. The molecule has 6 nitrogen and oxygen atoms in total. The molecule has 1 aromatic carbocycles. The predicted octanol–water partition coefficient (Wildman–Crippen LogP) is 1.66. The van der Waals surface area contributed by atoms with Gasteiger partial charge in [0, 0.05) is 17.9 Å². The van der Waals surface area contributed by atoms with E-state index in [-0.39, 0.29) is 6.10 Å². The van der Waals surface area contributed by atoms with Crippen LogP contribution in [-0.4, -0.2) is 32.9 Å². The summed E-state index contributed by atoms with van der Waals surface area (Å²) in [4.78, 5) is 0. The van der Waals surface area contributed by atoms with Crippen LogP contribution in [-0.2, 0) is 4.74 Å². The fourth-order valence-electron chi connectivity index (χ4n) is 2.46. The Balaban J connectivity index is 1.91. The van der Waals surface area contributed by atoms with Crippen molar-refractivity contribution in [2.75, 3.05) is 12.3 Å². The van der Waals surface area contributed by atoms with Gasteiger partial charge in [0.25, 0.3) is 0 Å². The number of hydrogen-bond donors (Lipinski definition) is 1. The quantitative estimate of drug-likeness (QED) is 0.830. The Morgan fingerprint density at radius 3 is 2.84 bits per heavy atom. The molecule has 1 aliphatic rings. The molecule has 0 radical (unpaired) electrons. The van der Waals surface area contributed by atoms with Crippen molar-refractivity contribution in [3.8, 4) is 11.4 Å². The summed E-state index contributed by atoms with van der Waals surface area (Å²) in [5.74, 6) is 0.791. The molecule has 6 heteroatoms. The van der Waals surface area contributed by atoms with E-state index in [4.69, 9.17) is 10.5 Å². The van der Waals surface area contributed by atoms with Crippen molar-refractivity contribution in [3.63, 3.8) is 0 Å². The number of benzene rings is 1. The van der Waals surface area contributed by atoms with Gasteiger partial charge < -0.3 is 10.5 Å². The number of ether oxygens (including phenoxy) is 1. The normalized spacial score (nSPS) is 23.4. The molecular formula is C13H17N5O. The summed E-state index contributed by atoms with van der Waals surface area (Å²) in [6.07, 6.45) is 2.13. The van der Waals surface area contributed by atoms with Crippen molar-refractivity contribution in [2.45, 2.75) is 31.9 Å². The van der Waals surface area contributed by atoms with E-state index in [1.807, 2.05) is 28.9 Å². The second kappa shape index (κ2) is 4.97. The average Bonchev–Trinajstić information content (AvgIpc) is 2.89. The fraction of sp³-hybridized carbons (Fsp3) is 0.462. The Labute approximate surface area is 111 Å². The number of anilines is 1. The lowest BCUT2D eigenvalue weighted by atomic mass is 10.0. The molecule has 1 saturated heterocycles. The minimum absolute atomic E-state index is 0.252. The summed E-state index contributed by atoms with van der Waals surface area (Å²) in [6, 6.07) is 7.91. The summed E-state index contributed by atoms with van der Waals surface area (Å²) in [7, 11) is 0. The summed E-state index contributed by atoms with van der Waals surface area (Å²) in [5.41, 5.74) is 7.43. The second-order valence-corrected chi connectivity index (χ2v) is 4.93. The third-order valence-corrected chi connectivity index (χ3v) is 3.47. The molecule has 2 aromatic rings. The van der Waals surface area contributed by atoms with E-state index in [9.17, 15) is 0 Å². The molecule has 0 spiro atoms. The minimum atomic E-state index is 0.252. The molecule has 0 aliphatic carbocycles. The maximum Gasteiger partial charge on any atom is 0.182 e. The standard InChI is InChI=1S/C13H17N5O/c1-9-8-12(6-7-19-9)18-13(15-16-17-18)10-2-4-11(14)5-3-10/h2-5,9,12H,6-8,14H2,1H3. The summed E-state index contributed by atoms with van der Waals surface area (Å²) in [6.45, 7) is 2.84. The molecule has 1 aliphatic heterocycles. The maximum atomic E-state index is 5.70. The zero-order valence-electron chi connectivity index (χ0n) is 10.9. The number of hydrogen-bond acceptors (Lipinski definition) is 5. The van der Waals surface area contributed by atoms with Gasteiger partial charge in [0.05, 0.1) is 12.1 Å². The van der Waals surface area contributed by atoms with Gasteiger partial charge in [0.1, 0.15) is 0 Å². The van der Waals surface area contributed by atoms with Crippen molar-refractivity contribution >= 4 is 5.69 Å². The molecule has 2 unspecified atom stereocenters. The first kappa shape index (κ1) is 12.1. The Kier molecular flexibility index (Phi) is 3.16. The lowest BCUT2D eigenvalue weighted by Gasteiger charge is -2.27. The number of tetrazole rings is 1. The molecule has 3 rings (SSSR count). The van der Waals surface area contributed by atoms with Gasteiger partial charge in [-0.25, -0.2) is 4.68 Å². The van der Waals surface area contributed by atoms with Gasteiger partial charge >= 0.3 is 0 Å². The van der Waals surface area contributed by atoms with E-state index in [1.165, 1.54) is 0 Å². The Hall–Kier alpha value is -1.95. The molecule has 1 aromatic heterocycles. The van der Waals surface area contributed by atoms with Gasteiger partial charge in [0.2, 0.25) is 0 Å². The number of aromatic nitrogens is 4. The van der Waals surface area contributed by atoms with E-state index in [1.54, 1.807) is 0 Å². The van der Waals surface area contributed by atoms with Crippen LogP contribution >= 0.6 is 0 Å². The van der Waals surface area contributed by atoms with E-state index in [0.717, 1.165) is 36.5 Å². The van der Waals surface area contributed by atoms with Crippen molar-refractivity contribution in [1.29, 1.82) is 0 Å². The molecule has 0 saturated carbocycles. The monoisotopic (exact) mass is 259 g/mol. The van der Waals surface area contributed by atoms with Gasteiger partial charge in [-0.3, -0.25) is 0 Å². The highest BCUT2D eigenvalue weighted by atomic mass is 16.5. The van der Waals surface area contributed by atoms with Gasteiger partial charge in [-0.1, -0.05) is 0 Å². The molecule has 2 heterocycles.